The normalized spacial score (nSPS) is 37.5. The Morgan fingerprint density at radius 3 is 2.75 bits per heavy atom. The van der Waals surface area contributed by atoms with E-state index in [-0.39, 0.29) is 12.1 Å². The first-order chi connectivity index (χ1) is 7.50. The zero-order valence-electron chi connectivity index (χ0n) is 10.9. The van der Waals surface area contributed by atoms with Crippen LogP contribution in [0.25, 0.3) is 0 Å². The van der Waals surface area contributed by atoms with Gasteiger partial charge in [-0.15, -0.1) is 0 Å². The smallest absolute Gasteiger partial charge is 0.0850 e. The molecular formula is C13H26N2O. The van der Waals surface area contributed by atoms with Crippen molar-refractivity contribution in [3.63, 3.8) is 0 Å². The molecule has 2 rings (SSSR count). The van der Waals surface area contributed by atoms with Gasteiger partial charge in [0.05, 0.1) is 12.7 Å². The molecule has 2 fully saturated rings. The third-order valence-corrected chi connectivity index (χ3v) is 4.35. The summed E-state index contributed by atoms with van der Waals surface area (Å²) in [7, 11) is 0. The molecule has 1 saturated carbocycles. The van der Waals surface area contributed by atoms with Crippen molar-refractivity contribution in [2.75, 3.05) is 19.7 Å². The van der Waals surface area contributed by atoms with E-state index in [4.69, 9.17) is 10.5 Å². The molecule has 3 heteroatoms. The summed E-state index contributed by atoms with van der Waals surface area (Å²) in [5.74, 6) is 0. The molecule has 3 atom stereocenters. The first-order valence-corrected chi connectivity index (χ1v) is 6.62. The average molecular weight is 226 g/mol. The van der Waals surface area contributed by atoms with E-state index < -0.39 is 0 Å². The van der Waals surface area contributed by atoms with E-state index in [1.807, 2.05) is 6.92 Å². The van der Waals surface area contributed by atoms with Crippen molar-refractivity contribution < 1.29 is 4.74 Å². The molecule has 0 spiro atoms. The molecule has 3 nitrogen and oxygen atoms in total. The number of nitrogens with zero attached hydrogens (tertiary/aromatic N) is 1. The second kappa shape index (κ2) is 4.63. The fourth-order valence-corrected chi connectivity index (χ4v) is 3.28. The van der Waals surface area contributed by atoms with Gasteiger partial charge in [-0.05, 0) is 25.2 Å². The molecule has 94 valence electrons. The van der Waals surface area contributed by atoms with E-state index in [2.05, 4.69) is 18.7 Å². The highest BCUT2D eigenvalue weighted by atomic mass is 16.5. The minimum atomic E-state index is 0.146. The van der Waals surface area contributed by atoms with Gasteiger partial charge in [-0.2, -0.15) is 0 Å². The van der Waals surface area contributed by atoms with Crippen molar-refractivity contribution in [1.29, 1.82) is 0 Å². The van der Waals surface area contributed by atoms with Gasteiger partial charge in [-0.3, -0.25) is 4.90 Å². The summed E-state index contributed by atoms with van der Waals surface area (Å²) in [6.07, 6.45) is 4.30. The first kappa shape index (κ1) is 12.3. The van der Waals surface area contributed by atoms with Crippen LogP contribution in [0.3, 0.4) is 0 Å². The average Bonchev–Trinajstić information content (AvgIpc) is 2.58. The van der Waals surface area contributed by atoms with Gasteiger partial charge in [0, 0.05) is 25.2 Å². The number of hydrogen-bond donors (Lipinski definition) is 1. The number of ether oxygens (including phenoxy) is 1. The summed E-state index contributed by atoms with van der Waals surface area (Å²) < 4.78 is 5.73. The molecule has 0 aromatic rings. The van der Waals surface area contributed by atoms with Crippen LogP contribution in [0.2, 0.25) is 0 Å². The van der Waals surface area contributed by atoms with Crippen molar-refractivity contribution in [1.82, 2.24) is 4.90 Å². The van der Waals surface area contributed by atoms with Crippen LogP contribution in [-0.2, 0) is 4.74 Å². The summed E-state index contributed by atoms with van der Waals surface area (Å²) in [6.45, 7) is 9.80. The van der Waals surface area contributed by atoms with Crippen LogP contribution in [0.1, 0.15) is 40.0 Å². The van der Waals surface area contributed by atoms with Crippen LogP contribution in [0.5, 0.6) is 0 Å². The van der Waals surface area contributed by atoms with E-state index in [1.165, 1.54) is 19.3 Å². The van der Waals surface area contributed by atoms with Gasteiger partial charge < -0.3 is 10.5 Å². The van der Waals surface area contributed by atoms with Gasteiger partial charge in [-0.1, -0.05) is 20.3 Å². The van der Waals surface area contributed by atoms with Gasteiger partial charge in [0.2, 0.25) is 0 Å². The van der Waals surface area contributed by atoms with E-state index in [0.29, 0.717) is 5.41 Å². The maximum Gasteiger partial charge on any atom is 0.0850 e. The Morgan fingerprint density at radius 2 is 2.19 bits per heavy atom. The van der Waals surface area contributed by atoms with Crippen LogP contribution in [0.15, 0.2) is 0 Å². The fraction of sp³-hybridized carbons (Fsp3) is 1.00. The standard InChI is InChI=1S/C13H26N2O/c1-10(14)11-9-15(7-8-16-11)12-5-4-6-13(12,2)3/h10-12H,4-9,14H2,1-3H3. The molecule has 0 aromatic heterocycles. The van der Waals surface area contributed by atoms with Crippen LogP contribution >= 0.6 is 0 Å². The molecule has 0 bridgehead atoms. The molecule has 1 saturated heterocycles. The number of nitrogens with two attached hydrogens (primary N) is 1. The number of hydrogen-bond acceptors (Lipinski definition) is 3. The van der Waals surface area contributed by atoms with Crippen LogP contribution in [-0.4, -0.2) is 42.8 Å². The molecule has 0 aromatic carbocycles. The molecule has 16 heavy (non-hydrogen) atoms. The number of morpholine rings is 1. The second-order valence-corrected chi connectivity index (χ2v) is 6.16. The van der Waals surface area contributed by atoms with E-state index in [9.17, 15) is 0 Å². The van der Waals surface area contributed by atoms with Gasteiger partial charge in [-0.25, -0.2) is 0 Å². The molecule has 1 heterocycles. The molecule has 2 aliphatic rings. The molecule has 0 amide bonds. The Morgan fingerprint density at radius 1 is 1.44 bits per heavy atom. The lowest BCUT2D eigenvalue weighted by molar-refractivity contribution is -0.0638. The zero-order chi connectivity index (χ0) is 11.8. The highest BCUT2D eigenvalue weighted by Gasteiger charge is 2.40. The van der Waals surface area contributed by atoms with Gasteiger partial charge >= 0.3 is 0 Å². The Labute approximate surface area is 99.3 Å². The van der Waals surface area contributed by atoms with Crippen LogP contribution < -0.4 is 5.73 Å². The monoisotopic (exact) mass is 226 g/mol. The number of rotatable bonds is 2. The molecule has 0 radical (unpaired) electrons. The van der Waals surface area contributed by atoms with Crippen LogP contribution in [0.4, 0.5) is 0 Å². The maximum atomic E-state index is 5.94. The highest BCUT2D eigenvalue weighted by Crippen LogP contribution is 2.40. The van der Waals surface area contributed by atoms with Crippen molar-refractivity contribution in [2.24, 2.45) is 11.1 Å². The second-order valence-electron chi connectivity index (χ2n) is 6.16. The zero-order valence-corrected chi connectivity index (χ0v) is 10.9. The third-order valence-electron chi connectivity index (χ3n) is 4.35. The summed E-state index contributed by atoms with van der Waals surface area (Å²) in [4.78, 5) is 2.62. The lowest BCUT2D eigenvalue weighted by Crippen LogP contribution is -2.54. The van der Waals surface area contributed by atoms with Crippen molar-refractivity contribution in [2.45, 2.75) is 58.2 Å². The molecule has 1 aliphatic heterocycles. The predicted octanol–water partition coefficient (Wildman–Crippen LogP) is 1.61. The predicted molar refractivity (Wildman–Crippen MR) is 66.4 cm³/mol. The minimum absolute atomic E-state index is 0.146. The summed E-state index contributed by atoms with van der Waals surface area (Å²) in [6, 6.07) is 0.880. The SMILES string of the molecule is CC(N)C1CN(C2CCCC2(C)C)CCO1. The first-order valence-electron chi connectivity index (χ1n) is 6.62. The Bertz CT molecular complexity index is 240. The van der Waals surface area contributed by atoms with Gasteiger partial charge in [0.15, 0.2) is 0 Å². The summed E-state index contributed by atoms with van der Waals surface area (Å²) >= 11 is 0. The molecule has 3 unspecified atom stereocenters. The van der Waals surface area contributed by atoms with Crippen LogP contribution in [0, 0.1) is 5.41 Å². The van der Waals surface area contributed by atoms with Gasteiger partial charge in [0.25, 0.3) is 0 Å². The quantitative estimate of drug-likeness (QED) is 0.777. The third kappa shape index (κ3) is 2.41. The minimum Gasteiger partial charge on any atom is -0.374 e. The molecule has 2 N–H and O–H groups in total. The van der Waals surface area contributed by atoms with Crippen molar-refractivity contribution in [3.8, 4) is 0 Å². The van der Waals surface area contributed by atoms with E-state index >= 15 is 0 Å². The molecular weight excluding hydrogens is 200 g/mol. The van der Waals surface area contributed by atoms with E-state index in [0.717, 1.165) is 25.7 Å². The highest BCUT2D eigenvalue weighted by molar-refractivity contribution is 4.94. The lowest BCUT2D eigenvalue weighted by Gasteiger charge is -2.43. The fourth-order valence-electron chi connectivity index (χ4n) is 3.28. The van der Waals surface area contributed by atoms with Crippen molar-refractivity contribution in [3.05, 3.63) is 0 Å². The largest absolute Gasteiger partial charge is 0.374 e. The topological polar surface area (TPSA) is 38.5 Å². The van der Waals surface area contributed by atoms with Gasteiger partial charge in [0.1, 0.15) is 0 Å². The Balaban J connectivity index is 1.99. The Hall–Kier alpha value is -0.120. The Kier molecular flexibility index (Phi) is 3.57. The summed E-state index contributed by atoms with van der Waals surface area (Å²) in [5.41, 5.74) is 6.42. The van der Waals surface area contributed by atoms with E-state index in [1.54, 1.807) is 0 Å². The summed E-state index contributed by atoms with van der Waals surface area (Å²) in [5, 5.41) is 0. The maximum absolute atomic E-state index is 5.94. The molecule has 1 aliphatic carbocycles. The van der Waals surface area contributed by atoms with Crippen molar-refractivity contribution >= 4 is 0 Å². The lowest BCUT2D eigenvalue weighted by atomic mass is 9.86.